The van der Waals surface area contributed by atoms with Gasteiger partial charge >= 0.3 is 0 Å². The molecular formula is C15H12Cl2N2O2. The quantitative estimate of drug-likeness (QED) is 0.760. The van der Waals surface area contributed by atoms with Crippen molar-refractivity contribution in [2.45, 2.75) is 6.54 Å². The second-order valence-electron chi connectivity index (χ2n) is 4.14. The van der Waals surface area contributed by atoms with Crippen LogP contribution in [0.15, 0.2) is 30.3 Å². The van der Waals surface area contributed by atoms with Crippen LogP contribution in [0, 0.1) is 11.8 Å². The maximum atomic E-state index is 12.0. The summed E-state index contributed by atoms with van der Waals surface area (Å²) in [5, 5.41) is 12.0. The van der Waals surface area contributed by atoms with Gasteiger partial charge in [0, 0.05) is 12.1 Å². The van der Waals surface area contributed by atoms with Gasteiger partial charge in [-0.05, 0) is 17.7 Å². The summed E-state index contributed by atoms with van der Waals surface area (Å²) in [5.74, 6) is 5.11. The fourth-order valence-corrected chi connectivity index (χ4v) is 2.04. The van der Waals surface area contributed by atoms with Gasteiger partial charge in [0.05, 0.1) is 5.02 Å². The summed E-state index contributed by atoms with van der Waals surface area (Å²) in [5.41, 5.74) is 1.91. The second kappa shape index (κ2) is 7.19. The minimum Gasteiger partial charge on any atom is -0.384 e. The first-order valence-corrected chi connectivity index (χ1v) is 6.87. The molecule has 108 valence electrons. The van der Waals surface area contributed by atoms with Crippen molar-refractivity contribution in [3.63, 3.8) is 0 Å². The zero-order valence-corrected chi connectivity index (χ0v) is 12.4. The van der Waals surface area contributed by atoms with Crippen molar-refractivity contribution in [1.29, 1.82) is 0 Å². The molecular weight excluding hydrogens is 311 g/mol. The van der Waals surface area contributed by atoms with Crippen LogP contribution >= 0.6 is 23.2 Å². The third-order valence-electron chi connectivity index (χ3n) is 2.73. The first kappa shape index (κ1) is 15.5. The number of nitrogens with one attached hydrogen (secondary N) is 2. The Morgan fingerprint density at radius 3 is 2.76 bits per heavy atom. The van der Waals surface area contributed by atoms with Crippen molar-refractivity contribution in [3.05, 3.63) is 57.3 Å². The van der Waals surface area contributed by atoms with Crippen molar-refractivity contribution in [2.24, 2.45) is 0 Å². The van der Waals surface area contributed by atoms with Gasteiger partial charge in [0.2, 0.25) is 0 Å². The first-order chi connectivity index (χ1) is 10.1. The fraction of sp³-hybridized carbons (Fsp3) is 0.133. The minimum absolute atomic E-state index is 0.208. The van der Waals surface area contributed by atoms with Gasteiger partial charge < -0.3 is 15.4 Å². The lowest BCUT2D eigenvalue weighted by molar-refractivity contribution is 0.0946. The maximum Gasteiger partial charge on any atom is 0.268 e. The number of rotatable bonds is 3. The lowest BCUT2D eigenvalue weighted by atomic mass is 10.1. The Hall–Kier alpha value is -1.93. The van der Waals surface area contributed by atoms with Gasteiger partial charge in [-0.2, -0.15) is 0 Å². The van der Waals surface area contributed by atoms with Crippen molar-refractivity contribution in [1.82, 2.24) is 10.3 Å². The van der Waals surface area contributed by atoms with E-state index in [2.05, 4.69) is 22.1 Å². The van der Waals surface area contributed by atoms with E-state index in [4.69, 9.17) is 28.3 Å². The largest absolute Gasteiger partial charge is 0.384 e. The third kappa shape index (κ3) is 4.02. The number of benzene rings is 1. The minimum atomic E-state index is -0.311. The highest BCUT2D eigenvalue weighted by Crippen LogP contribution is 2.21. The Kier molecular flexibility index (Phi) is 5.29. The molecule has 1 aromatic heterocycles. The van der Waals surface area contributed by atoms with Gasteiger partial charge in [-0.3, -0.25) is 4.79 Å². The van der Waals surface area contributed by atoms with Gasteiger partial charge in [-0.15, -0.1) is 0 Å². The Labute approximate surface area is 132 Å². The van der Waals surface area contributed by atoms with Crippen LogP contribution in [0.25, 0.3) is 0 Å². The molecule has 21 heavy (non-hydrogen) atoms. The number of halogens is 2. The number of carbonyl (C=O) groups excluding carboxylic acids is 1. The van der Waals surface area contributed by atoms with Crippen LogP contribution < -0.4 is 5.32 Å². The molecule has 0 fully saturated rings. The number of aliphatic hydroxyl groups is 1. The van der Waals surface area contributed by atoms with E-state index in [9.17, 15) is 4.79 Å². The van der Waals surface area contributed by atoms with Crippen molar-refractivity contribution < 1.29 is 9.90 Å². The van der Waals surface area contributed by atoms with Gasteiger partial charge in [0.15, 0.2) is 0 Å². The normalized spacial score (nSPS) is 9.86. The van der Waals surface area contributed by atoms with Gasteiger partial charge in [-0.25, -0.2) is 0 Å². The highest BCUT2D eigenvalue weighted by Gasteiger charge is 2.11. The van der Waals surface area contributed by atoms with Crippen LogP contribution in [-0.2, 0) is 6.54 Å². The number of aromatic amines is 1. The molecule has 0 bridgehead atoms. The van der Waals surface area contributed by atoms with E-state index in [0.717, 1.165) is 11.1 Å². The molecule has 3 N–H and O–H groups in total. The molecule has 0 spiro atoms. The van der Waals surface area contributed by atoms with E-state index < -0.39 is 0 Å². The lowest BCUT2D eigenvalue weighted by Gasteiger charge is -2.06. The smallest absolute Gasteiger partial charge is 0.268 e. The predicted octanol–water partition coefficient (Wildman–Crippen LogP) is 2.60. The molecule has 0 aliphatic carbocycles. The summed E-state index contributed by atoms with van der Waals surface area (Å²) in [6, 6.07) is 8.85. The highest BCUT2D eigenvalue weighted by molar-refractivity contribution is 6.41. The molecule has 1 amide bonds. The Balaban J connectivity index is 2.08. The van der Waals surface area contributed by atoms with Crippen LogP contribution in [0.1, 0.15) is 21.6 Å². The Bertz CT molecular complexity index is 694. The number of hydrogen-bond acceptors (Lipinski definition) is 2. The van der Waals surface area contributed by atoms with Crippen LogP contribution in [0.3, 0.4) is 0 Å². The summed E-state index contributed by atoms with van der Waals surface area (Å²) >= 11 is 11.6. The molecule has 0 saturated heterocycles. The molecule has 6 heteroatoms. The monoisotopic (exact) mass is 322 g/mol. The lowest BCUT2D eigenvalue weighted by Crippen LogP contribution is -2.23. The molecule has 0 unspecified atom stereocenters. The molecule has 0 atom stereocenters. The molecule has 0 aliphatic heterocycles. The molecule has 2 aromatic rings. The summed E-state index contributed by atoms with van der Waals surface area (Å²) in [7, 11) is 0. The SMILES string of the molecule is O=C(NCc1ccccc1C#CCO)c1cc(Cl)c(Cl)[nH]1. The zero-order chi connectivity index (χ0) is 15.2. The number of H-pyrrole nitrogens is 1. The van der Waals surface area contributed by atoms with E-state index in [1.165, 1.54) is 6.07 Å². The van der Waals surface area contributed by atoms with Crippen LogP contribution in [0.5, 0.6) is 0 Å². The Morgan fingerprint density at radius 1 is 1.33 bits per heavy atom. The van der Waals surface area contributed by atoms with E-state index >= 15 is 0 Å². The number of aromatic nitrogens is 1. The first-order valence-electron chi connectivity index (χ1n) is 6.11. The van der Waals surface area contributed by atoms with E-state index in [0.29, 0.717) is 17.3 Å². The average molecular weight is 323 g/mol. The van der Waals surface area contributed by atoms with Crippen molar-refractivity contribution in [2.75, 3.05) is 6.61 Å². The van der Waals surface area contributed by atoms with E-state index in [-0.39, 0.29) is 17.7 Å². The van der Waals surface area contributed by atoms with Crippen molar-refractivity contribution in [3.8, 4) is 11.8 Å². The van der Waals surface area contributed by atoms with Gasteiger partial charge in [-0.1, -0.05) is 53.2 Å². The standard InChI is InChI=1S/C15H12Cl2N2O2/c16-12-8-13(19-14(12)17)15(21)18-9-11-5-2-1-4-10(11)6-3-7-20/h1-2,4-5,8,19-20H,7,9H2,(H,18,21). The summed E-state index contributed by atoms with van der Waals surface area (Å²) in [4.78, 5) is 14.7. The van der Waals surface area contributed by atoms with Gasteiger partial charge in [0.25, 0.3) is 5.91 Å². The van der Waals surface area contributed by atoms with Gasteiger partial charge in [0.1, 0.15) is 17.5 Å². The van der Waals surface area contributed by atoms with Crippen LogP contribution in [0.4, 0.5) is 0 Å². The number of hydrogen-bond donors (Lipinski definition) is 3. The summed E-state index contributed by atoms with van der Waals surface area (Å²) in [6.45, 7) is 0.101. The van der Waals surface area contributed by atoms with Crippen molar-refractivity contribution >= 4 is 29.1 Å². The molecule has 0 aliphatic rings. The molecule has 4 nitrogen and oxygen atoms in total. The second-order valence-corrected chi connectivity index (χ2v) is 4.93. The molecule has 0 saturated carbocycles. The third-order valence-corrected chi connectivity index (χ3v) is 3.42. The Morgan fingerprint density at radius 2 is 2.10 bits per heavy atom. The maximum absolute atomic E-state index is 12.0. The molecule has 1 heterocycles. The molecule has 1 aromatic carbocycles. The number of aliphatic hydroxyl groups excluding tert-OH is 1. The summed E-state index contributed by atoms with van der Waals surface area (Å²) in [6.07, 6.45) is 0. The van der Waals surface area contributed by atoms with Crippen LogP contribution in [-0.4, -0.2) is 22.6 Å². The topological polar surface area (TPSA) is 65.1 Å². The zero-order valence-electron chi connectivity index (χ0n) is 10.9. The molecule has 2 rings (SSSR count). The number of carbonyl (C=O) groups is 1. The van der Waals surface area contributed by atoms with E-state index in [1.807, 2.05) is 24.3 Å². The fourth-order valence-electron chi connectivity index (χ4n) is 1.73. The average Bonchev–Trinajstić information content (AvgIpc) is 2.83. The summed E-state index contributed by atoms with van der Waals surface area (Å²) < 4.78 is 0. The number of amides is 1. The highest BCUT2D eigenvalue weighted by atomic mass is 35.5. The molecule has 0 radical (unpaired) electrons. The van der Waals surface area contributed by atoms with Crippen LogP contribution in [0.2, 0.25) is 10.2 Å². The predicted molar refractivity (Wildman–Crippen MR) is 82.4 cm³/mol. The van der Waals surface area contributed by atoms with E-state index in [1.54, 1.807) is 0 Å².